The number of nitrogens with one attached hydrogen (secondary N) is 1. The number of aryl methyl sites for hydroxylation is 1. The Balaban J connectivity index is 3.04. The van der Waals surface area contributed by atoms with Crippen molar-refractivity contribution in [3.63, 3.8) is 0 Å². The van der Waals surface area contributed by atoms with Crippen molar-refractivity contribution >= 4 is 5.70 Å². The van der Waals surface area contributed by atoms with Gasteiger partial charge in [-0.3, -0.25) is 4.98 Å². The van der Waals surface area contributed by atoms with Crippen LogP contribution < -0.4 is 5.32 Å². The maximum Gasteiger partial charge on any atom is 0.0889 e. The number of aromatic nitrogens is 1. The molecule has 92 valence electrons. The molecule has 1 atom stereocenters. The van der Waals surface area contributed by atoms with Crippen LogP contribution in [0.3, 0.4) is 0 Å². The molecular weight excluding hydrogens is 208 g/mol. The van der Waals surface area contributed by atoms with E-state index < -0.39 is 0 Å². The largest absolute Gasteiger partial charge is 0.378 e. The molecule has 0 amide bonds. The van der Waals surface area contributed by atoms with Gasteiger partial charge >= 0.3 is 0 Å². The summed E-state index contributed by atoms with van der Waals surface area (Å²) < 4.78 is 0. The molecule has 1 aromatic heterocycles. The van der Waals surface area contributed by atoms with Crippen molar-refractivity contribution in [2.75, 3.05) is 0 Å². The molecule has 0 aromatic carbocycles. The molecule has 2 heteroatoms. The third-order valence-electron chi connectivity index (χ3n) is 2.93. The lowest BCUT2D eigenvalue weighted by Crippen LogP contribution is -2.22. The van der Waals surface area contributed by atoms with Gasteiger partial charge in [-0.2, -0.15) is 0 Å². The van der Waals surface area contributed by atoms with E-state index >= 15 is 0 Å². The first kappa shape index (κ1) is 13.5. The highest BCUT2D eigenvalue weighted by Gasteiger charge is 2.10. The fourth-order valence-corrected chi connectivity index (χ4v) is 1.92. The first-order chi connectivity index (χ1) is 8.13. The highest BCUT2D eigenvalue weighted by molar-refractivity contribution is 5.63. The molecule has 0 radical (unpaired) electrons. The normalized spacial score (nSPS) is 11.9. The Kier molecular flexibility index (Phi) is 4.95. The van der Waals surface area contributed by atoms with E-state index in [0.717, 1.165) is 24.2 Å². The standard InChI is InChI=1S/C15H22N2/c1-6-11(4)17-12(5)15-14(8-3)13(7-2)9-10-16-15/h6,9-11,17H,1,5,7-8H2,2-4H3. The lowest BCUT2D eigenvalue weighted by molar-refractivity contribution is 0.783. The number of pyridine rings is 1. The van der Waals surface area contributed by atoms with Gasteiger partial charge in [0, 0.05) is 12.2 Å². The fourth-order valence-electron chi connectivity index (χ4n) is 1.92. The second kappa shape index (κ2) is 6.24. The van der Waals surface area contributed by atoms with Gasteiger partial charge in [-0.05, 0) is 37.0 Å². The van der Waals surface area contributed by atoms with Crippen molar-refractivity contribution in [1.82, 2.24) is 10.3 Å². The molecule has 0 spiro atoms. The van der Waals surface area contributed by atoms with Gasteiger partial charge in [-0.1, -0.05) is 26.5 Å². The van der Waals surface area contributed by atoms with Crippen molar-refractivity contribution in [3.05, 3.63) is 48.3 Å². The van der Waals surface area contributed by atoms with Crippen molar-refractivity contribution < 1.29 is 0 Å². The van der Waals surface area contributed by atoms with Crippen LogP contribution in [0.25, 0.3) is 5.70 Å². The maximum absolute atomic E-state index is 4.45. The summed E-state index contributed by atoms with van der Waals surface area (Å²) in [5.74, 6) is 0. The lowest BCUT2D eigenvalue weighted by atomic mass is 10.0. The van der Waals surface area contributed by atoms with Crippen LogP contribution >= 0.6 is 0 Å². The number of nitrogens with zero attached hydrogens (tertiary/aromatic N) is 1. The van der Waals surface area contributed by atoms with E-state index in [0.29, 0.717) is 0 Å². The molecule has 0 fully saturated rings. The Hall–Kier alpha value is -1.57. The van der Waals surface area contributed by atoms with Gasteiger partial charge in [0.25, 0.3) is 0 Å². The zero-order valence-electron chi connectivity index (χ0n) is 11.1. The van der Waals surface area contributed by atoms with Crippen molar-refractivity contribution in [3.8, 4) is 0 Å². The molecule has 1 N–H and O–H groups in total. The molecule has 0 saturated carbocycles. The van der Waals surface area contributed by atoms with E-state index in [1.165, 1.54) is 11.1 Å². The minimum absolute atomic E-state index is 0.208. The quantitative estimate of drug-likeness (QED) is 0.758. The van der Waals surface area contributed by atoms with Crippen LogP contribution in [0.5, 0.6) is 0 Å². The summed E-state index contributed by atoms with van der Waals surface area (Å²) >= 11 is 0. The molecular formula is C15H22N2. The lowest BCUT2D eigenvalue weighted by Gasteiger charge is -2.17. The first-order valence-electron chi connectivity index (χ1n) is 6.19. The van der Waals surface area contributed by atoms with Crippen molar-refractivity contribution in [2.24, 2.45) is 0 Å². The fraction of sp³-hybridized carbons (Fsp3) is 0.400. The van der Waals surface area contributed by atoms with Gasteiger partial charge in [0.05, 0.1) is 11.4 Å². The molecule has 0 aliphatic rings. The number of rotatable bonds is 6. The Morgan fingerprint density at radius 3 is 2.71 bits per heavy atom. The first-order valence-corrected chi connectivity index (χ1v) is 6.19. The van der Waals surface area contributed by atoms with Gasteiger partial charge < -0.3 is 5.32 Å². The molecule has 1 aromatic rings. The zero-order chi connectivity index (χ0) is 12.8. The van der Waals surface area contributed by atoms with Crippen molar-refractivity contribution in [2.45, 2.75) is 39.7 Å². The summed E-state index contributed by atoms with van der Waals surface area (Å²) in [4.78, 5) is 4.45. The van der Waals surface area contributed by atoms with E-state index in [1.807, 2.05) is 19.2 Å². The smallest absolute Gasteiger partial charge is 0.0889 e. The highest BCUT2D eigenvalue weighted by Crippen LogP contribution is 2.19. The highest BCUT2D eigenvalue weighted by atomic mass is 14.9. The average Bonchev–Trinajstić information content (AvgIpc) is 2.37. The minimum Gasteiger partial charge on any atom is -0.378 e. The van der Waals surface area contributed by atoms with E-state index in [2.05, 4.69) is 43.4 Å². The van der Waals surface area contributed by atoms with Crippen LogP contribution in [-0.2, 0) is 12.8 Å². The molecule has 17 heavy (non-hydrogen) atoms. The van der Waals surface area contributed by atoms with Crippen LogP contribution in [0, 0.1) is 0 Å². The van der Waals surface area contributed by atoms with Crippen LogP contribution in [0.1, 0.15) is 37.6 Å². The van der Waals surface area contributed by atoms with Crippen LogP contribution in [0.2, 0.25) is 0 Å². The third kappa shape index (κ3) is 3.19. The second-order valence-electron chi connectivity index (χ2n) is 4.15. The topological polar surface area (TPSA) is 24.9 Å². The predicted molar refractivity (Wildman–Crippen MR) is 74.8 cm³/mol. The third-order valence-corrected chi connectivity index (χ3v) is 2.93. The maximum atomic E-state index is 4.45. The molecule has 1 unspecified atom stereocenters. The van der Waals surface area contributed by atoms with Gasteiger partial charge in [-0.15, -0.1) is 6.58 Å². The summed E-state index contributed by atoms with van der Waals surface area (Å²) in [6.07, 6.45) is 5.73. The van der Waals surface area contributed by atoms with Gasteiger partial charge in [0.1, 0.15) is 0 Å². The van der Waals surface area contributed by atoms with E-state index in [4.69, 9.17) is 0 Å². The van der Waals surface area contributed by atoms with E-state index in [-0.39, 0.29) is 6.04 Å². The summed E-state index contributed by atoms with van der Waals surface area (Å²) in [5, 5.41) is 3.30. The molecule has 2 nitrogen and oxygen atoms in total. The summed E-state index contributed by atoms with van der Waals surface area (Å²) in [5.41, 5.74) is 4.51. The Morgan fingerprint density at radius 1 is 1.47 bits per heavy atom. The zero-order valence-corrected chi connectivity index (χ0v) is 11.1. The van der Waals surface area contributed by atoms with Gasteiger partial charge in [0.15, 0.2) is 0 Å². The monoisotopic (exact) mass is 230 g/mol. The molecule has 0 bridgehead atoms. The van der Waals surface area contributed by atoms with Crippen LogP contribution in [0.15, 0.2) is 31.5 Å². The van der Waals surface area contributed by atoms with Crippen molar-refractivity contribution in [1.29, 1.82) is 0 Å². The Morgan fingerprint density at radius 2 is 2.18 bits per heavy atom. The SMILES string of the molecule is C=CC(C)NC(=C)c1nccc(CC)c1CC. The molecule has 1 heterocycles. The van der Waals surface area contributed by atoms with Gasteiger partial charge in [0.2, 0.25) is 0 Å². The number of hydrogen-bond acceptors (Lipinski definition) is 2. The van der Waals surface area contributed by atoms with Crippen LogP contribution in [-0.4, -0.2) is 11.0 Å². The van der Waals surface area contributed by atoms with E-state index in [1.54, 1.807) is 0 Å². The minimum atomic E-state index is 0.208. The van der Waals surface area contributed by atoms with E-state index in [9.17, 15) is 0 Å². The summed E-state index contributed by atoms with van der Waals surface area (Å²) in [7, 11) is 0. The molecule has 0 saturated heterocycles. The predicted octanol–water partition coefficient (Wildman–Crippen LogP) is 3.34. The second-order valence-corrected chi connectivity index (χ2v) is 4.15. The Bertz CT molecular complexity index is 407. The average molecular weight is 230 g/mol. The molecule has 0 aliphatic heterocycles. The molecule has 0 aliphatic carbocycles. The summed E-state index contributed by atoms with van der Waals surface area (Å²) in [6, 6.07) is 2.30. The van der Waals surface area contributed by atoms with Gasteiger partial charge in [-0.25, -0.2) is 0 Å². The Labute approximate surface area is 104 Å². The van der Waals surface area contributed by atoms with Crippen LogP contribution in [0.4, 0.5) is 0 Å². The summed E-state index contributed by atoms with van der Waals surface area (Å²) in [6.45, 7) is 14.2. The molecule has 1 rings (SSSR count). The number of hydrogen-bond donors (Lipinski definition) is 1.